The van der Waals surface area contributed by atoms with Crippen molar-refractivity contribution in [3.05, 3.63) is 40.3 Å². The summed E-state index contributed by atoms with van der Waals surface area (Å²) in [6, 6.07) is 9.75. The molecule has 90 valence electrons. The van der Waals surface area contributed by atoms with E-state index in [1.165, 1.54) is 0 Å². The lowest BCUT2D eigenvalue weighted by molar-refractivity contribution is 1.11. The highest BCUT2D eigenvalue weighted by Gasteiger charge is 2.16. The summed E-state index contributed by atoms with van der Waals surface area (Å²) in [7, 11) is 0. The van der Waals surface area contributed by atoms with E-state index in [1.54, 1.807) is 17.5 Å². The van der Waals surface area contributed by atoms with Crippen LogP contribution in [0.2, 0.25) is 0 Å². The van der Waals surface area contributed by atoms with Gasteiger partial charge in [-0.05, 0) is 40.2 Å². The Hall–Kier alpha value is -1.66. The lowest BCUT2D eigenvalue weighted by Gasteiger charge is -2.01. The number of hydrogen-bond acceptors (Lipinski definition) is 4. The number of rotatable bonds is 2. The Morgan fingerprint density at radius 3 is 2.78 bits per heavy atom. The van der Waals surface area contributed by atoms with E-state index in [0.717, 1.165) is 25.6 Å². The van der Waals surface area contributed by atoms with Crippen molar-refractivity contribution in [1.29, 1.82) is 0 Å². The molecule has 0 saturated heterocycles. The average Bonchev–Trinajstić information content (AvgIpc) is 2.96. The molecule has 0 radical (unpaired) electrons. The first kappa shape index (κ1) is 11.4. The molecule has 0 aliphatic heterocycles. The molecule has 0 fully saturated rings. The zero-order valence-electron chi connectivity index (χ0n) is 9.22. The molecule has 0 spiro atoms. The van der Waals surface area contributed by atoms with E-state index in [-0.39, 0.29) is 0 Å². The van der Waals surface area contributed by atoms with Crippen molar-refractivity contribution < 1.29 is 0 Å². The zero-order valence-corrected chi connectivity index (χ0v) is 11.6. The van der Waals surface area contributed by atoms with Gasteiger partial charge in [0.25, 0.3) is 0 Å². The van der Waals surface area contributed by atoms with Crippen LogP contribution in [0.4, 0.5) is 5.82 Å². The fraction of sp³-hybridized carbons (Fsp3) is 0. The van der Waals surface area contributed by atoms with Gasteiger partial charge in [-0.1, -0.05) is 6.07 Å². The molecule has 4 nitrogen and oxygen atoms in total. The van der Waals surface area contributed by atoms with Gasteiger partial charge in [-0.2, -0.15) is 5.10 Å². The highest BCUT2D eigenvalue weighted by atomic mass is 79.9. The van der Waals surface area contributed by atoms with Crippen molar-refractivity contribution in [3.8, 4) is 21.8 Å². The third-order valence-corrected chi connectivity index (χ3v) is 4.18. The van der Waals surface area contributed by atoms with Gasteiger partial charge in [0.1, 0.15) is 0 Å². The Morgan fingerprint density at radius 2 is 2.11 bits per heavy atom. The van der Waals surface area contributed by atoms with Crippen LogP contribution in [0.3, 0.4) is 0 Å². The van der Waals surface area contributed by atoms with E-state index in [2.05, 4.69) is 31.1 Å². The molecule has 0 bridgehead atoms. The van der Waals surface area contributed by atoms with Gasteiger partial charge in [0.15, 0.2) is 5.82 Å². The van der Waals surface area contributed by atoms with Crippen molar-refractivity contribution in [1.82, 2.24) is 15.2 Å². The first-order valence-corrected chi connectivity index (χ1v) is 6.87. The van der Waals surface area contributed by atoms with E-state index in [4.69, 9.17) is 5.73 Å². The Kier molecular flexibility index (Phi) is 2.89. The lowest BCUT2D eigenvalue weighted by Crippen LogP contribution is -1.90. The van der Waals surface area contributed by atoms with Crippen molar-refractivity contribution >= 4 is 33.1 Å². The number of nitrogens with two attached hydrogens (primary N) is 1. The Balaban J connectivity index is 2.18. The first-order chi connectivity index (χ1) is 8.75. The normalized spacial score (nSPS) is 10.7. The summed E-state index contributed by atoms with van der Waals surface area (Å²) in [5.41, 5.74) is 8.51. The summed E-state index contributed by atoms with van der Waals surface area (Å²) in [4.78, 5) is 5.40. The average molecular weight is 321 g/mol. The maximum atomic E-state index is 5.93. The molecule has 3 heterocycles. The van der Waals surface area contributed by atoms with Crippen LogP contribution in [-0.2, 0) is 0 Å². The van der Waals surface area contributed by atoms with Crippen LogP contribution in [0.5, 0.6) is 0 Å². The van der Waals surface area contributed by atoms with E-state index in [9.17, 15) is 0 Å². The van der Waals surface area contributed by atoms with Crippen LogP contribution in [0.15, 0.2) is 40.3 Å². The molecule has 3 aromatic heterocycles. The summed E-state index contributed by atoms with van der Waals surface area (Å²) < 4.78 is 1.07. The van der Waals surface area contributed by atoms with Crippen molar-refractivity contribution in [2.45, 2.75) is 0 Å². The third kappa shape index (κ3) is 1.93. The van der Waals surface area contributed by atoms with Gasteiger partial charge in [-0.25, -0.2) is 0 Å². The molecule has 3 N–H and O–H groups in total. The maximum Gasteiger partial charge on any atom is 0.155 e. The number of nitrogens with zero attached hydrogens (tertiary/aromatic N) is 2. The number of thiophene rings is 1. The largest absolute Gasteiger partial charge is 0.382 e. The zero-order chi connectivity index (χ0) is 12.5. The van der Waals surface area contributed by atoms with Crippen molar-refractivity contribution in [2.75, 3.05) is 5.73 Å². The number of aromatic amines is 1. The molecule has 0 aliphatic carbocycles. The monoisotopic (exact) mass is 320 g/mol. The Labute approximate surface area is 116 Å². The predicted molar refractivity (Wildman–Crippen MR) is 77.2 cm³/mol. The number of nitrogens with one attached hydrogen (secondary N) is 1. The number of pyridine rings is 1. The second-order valence-electron chi connectivity index (χ2n) is 3.68. The summed E-state index contributed by atoms with van der Waals surface area (Å²) in [6.45, 7) is 0. The van der Waals surface area contributed by atoms with Crippen LogP contribution in [0.25, 0.3) is 21.8 Å². The molecular weight excluding hydrogens is 312 g/mol. The fourth-order valence-corrected chi connectivity index (χ4v) is 3.14. The molecule has 0 aromatic carbocycles. The minimum absolute atomic E-state index is 0.466. The number of nitrogen functional groups attached to an aromatic ring is 1. The van der Waals surface area contributed by atoms with Gasteiger partial charge in [0, 0.05) is 6.20 Å². The first-order valence-electron chi connectivity index (χ1n) is 5.26. The van der Waals surface area contributed by atoms with Gasteiger partial charge >= 0.3 is 0 Å². The van der Waals surface area contributed by atoms with Crippen LogP contribution >= 0.6 is 27.3 Å². The number of hydrogen-bond donors (Lipinski definition) is 2. The summed E-state index contributed by atoms with van der Waals surface area (Å²) in [5, 5.41) is 7.06. The maximum absolute atomic E-state index is 5.93. The predicted octanol–water partition coefficient (Wildman–Crippen LogP) is 3.54. The molecule has 0 aliphatic rings. The quantitative estimate of drug-likeness (QED) is 0.758. The standard InChI is InChI=1S/C12H9BrN4S/c13-9-5-4-8(18-9)11-10(12(14)17-16-11)7-3-1-2-6-15-7/h1-6H,(H3,14,16,17). The summed E-state index contributed by atoms with van der Waals surface area (Å²) in [6.07, 6.45) is 1.75. The van der Waals surface area contributed by atoms with Gasteiger partial charge < -0.3 is 5.73 Å². The Morgan fingerprint density at radius 1 is 1.22 bits per heavy atom. The fourth-order valence-electron chi connectivity index (χ4n) is 1.75. The van der Waals surface area contributed by atoms with Gasteiger partial charge in [0.05, 0.1) is 25.6 Å². The molecule has 18 heavy (non-hydrogen) atoms. The van der Waals surface area contributed by atoms with Crippen LogP contribution in [-0.4, -0.2) is 15.2 Å². The smallest absolute Gasteiger partial charge is 0.155 e. The van der Waals surface area contributed by atoms with E-state index in [1.807, 2.05) is 30.3 Å². The van der Waals surface area contributed by atoms with E-state index >= 15 is 0 Å². The van der Waals surface area contributed by atoms with Crippen molar-refractivity contribution in [2.24, 2.45) is 0 Å². The van der Waals surface area contributed by atoms with Crippen LogP contribution in [0.1, 0.15) is 0 Å². The SMILES string of the molecule is Nc1n[nH]c(-c2ccc(Br)s2)c1-c1ccccn1. The van der Waals surface area contributed by atoms with E-state index in [0.29, 0.717) is 5.82 Å². The topological polar surface area (TPSA) is 67.6 Å². The molecular formula is C12H9BrN4S. The van der Waals surface area contributed by atoms with Crippen LogP contribution in [0, 0.1) is 0 Å². The molecule has 3 rings (SSSR count). The molecule has 6 heteroatoms. The minimum Gasteiger partial charge on any atom is -0.382 e. The van der Waals surface area contributed by atoms with E-state index < -0.39 is 0 Å². The summed E-state index contributed by atoms with van der Waals surface area (Å²) >= 11 is 5.08. The number of aromatic nitrogens is 3. The minimum atomic E-state index is 0.466. The van der Waals surface area contributed by atoms with Crippen molar-refractivity contribution in [3.63, 3.8) is 0 Å². The highest BCUT2D eigenvalue weighted by molar-refractivity contribution is 9.11. The number of H-pyrrole nitrogens is 1. The van der Waals surface area contributed by atoms with Crippen LogP contribution < -0.4 is 5.73 Å². The second-order valence-corrected chi connectivity index (χ2v) is 6.14. The van der Waals surface area contributed by atoms with Gasteiger partial charge in [-0.15, -0.1) is 11.3 Å². The third-order valence-electron chi connectivity index (χ3n) is 2.53. The second kappa shape index (κ2) is 4.55. The van der Waals surface area contributed by atoms with Gasteiger partial charge in [-0.3, -0.25) is 10.1 Å². The lowest BCUT2D eigenvalue weighted by atomic mass is 10.1. The van der Waals surface area contributed by atoms with Gasteiger partial charge in [0.2, 0.25) is 0 Å². The molecule has 0 amide bonds. The molecule has 0 saturated carbocycles. The highest BCUT2D eigenvalue weighted by Crippen LogP contribution is 2.38. The molecule has 0 atom stereocenters. The Bertz CT molecular complexity index is 674. The number of anilines is 1. The molecule has 0 unspecified atom stereocenters. The molecule has 3 aromatic rings. The summed E-state index contributed by atoms with van der Waals surface area (Å²) in [5.74, 6) is 0.466. The number of halogens is 1.